The van der Waals surface area contributed by atoms with Crippen LogP contribution in [-0.2, 0) is 4.84 Å². The van der Waals surface area contributed by atoms with Crippen molar-refractivity contribution in [3.8, 4) is 0 Å². The first-order chi connectivity index (χ1) is 9.25. The topological polar surface area (TPSA) is 33.6 Å². The molecule has 0 radical (unpaired) electrons. The Morgan fingerprint density at radius 1 is 1.11 bits per heavy atom. The van der Waals surface area contributed by atoms with Crippen molar-refractivity contribution in [1.29, 1.82) is 0 Å². The van der Waals surface area contributed by atoms with E-state index in [2.05, 4.69) is 39.4 Å². The maximum absolute atomic E-state index is 5.56. The third kappa shape index (κ3) is 2.41. The Morgan fingerprint density at radius 3 is 2.63 bits per heavy atom. The SMILES string of the molecule is Cc1ccccc1C1=NC(c2ccccc2Br)ON1. The van der Waals surface area contributed by atoms with Crippen LogP contribution in [0.3, 0.4) is 0 Å². The summed E-state index contributed by atoms with van der Waals surface area (Å²) >= 11 is 3.52. The van der Waals surface area contributed by atoms with Gasteiger partial charge in [-0.2, -0.15) is 0 Å². The van der Waals surface area contributed by atoms with Crippen LogP contribution in [0.5, 0.6) is 0 Å². The summed E-state index contributed by atoms with van der Waals surface area (Å²) < 4.78 is 0.997. The van der Waals surface area contributed by atoms with Crippen molar-refractivity contribution in [2.75, 3.05) is 0 Å². The zero-order chi connectivity index (χ0) is 13.2. The number of aliphatic imine (C=N–C) groups is 1. The van der Waals surface area contributed by atoms with Gasteiger partial charge in [-0.05, 0) is 18.6 Å². The predicted octanol–water partition coefficient (Wildman–Crippen LogP) is 3.74. The van der Waals surface area contributed by atoms with E-state index in [1.165, 1.54) is 5.56 Å². The molecule has 1 unspecified atom stereocenters. The summed E-state index contributed by atoms with van der Waals surface area (Å²) in [5, 5.41) is 0. The number of rotatable bonds is 2. The highest BCUT2D eigenvalue weighted by Gasteiger charge is 2.23. The van der Waals surface area contributed by atoms with Crippen molar-refractivity contribution in [3.63, 3.8) is 0 Å². The van der Waals surface area contributed by atoms with Gasteiger partial charge < -0.3 is 0 Å². The van der Waals surface area contributed by atoms with E-state index < -0.39 is 0 Å². The maximum atomic E-state index is 5.56. The number of hydroxylamine groups is 1. The van der Waals surface area contributed by atoms with E-state index in [0.29, 0.717) is 0 Å². The molecule has 1 atom stereocenters. The number of nitrogens with one attached hydrogen (secondary N) is 1. The molecular weight excluding hydrogens is 304 g/mol. The summed E-state index contributed by atoms with van der Waals surface area (Å²) in [5.41, 5.74) is 6.17. The lowest BCUT2D eigenvalue weighted by Crippen LogP contribution is -2.19. The molecule has 0 saturated carbocycles. The lowest BCUT2D eigenvalue weighted by atomic mass is 10.1. The van der Waals surface area contributed by atoms with Crippen molar-refractivity contribution in [2.24, 2.45) is 4.99 Å². The molecule has 4 heteroatoms. The number of aryl methyl sites for hydroxylation is 1. The number of hydrogen-bond acceptors (Lipinski definition) is 3. The number of amidine groups is 1. The fourth-order valence-corrected chi connectivity index (χ4v) is 2.53. The third-order valence-electron chi connectivity index (χ3n) is 3.09. The van der Waals surface area contributed by atoms with Crippen LogP contribution in [0.15, 0.2) is 58.0 Å². The lowest BCUT2D eigenvalue weighted by molar-refractivity contribution is 0.0372. The van der Waals surface area contributed by atoms with Crippen LogP contribution in [0.1, 0.15) is 22.9 Å². The summed E-state index contributed by atoms with van der Waals surface area (Å²) in [6.07, 6.45) is -0.315. The molecule has 0 aliphatic carbocycles. The van der Waals surface area contributed by atoms with E-state index in [9.17, 15) is 0 Å². The van der Waals surface area contributed by atoms with Gasteiger partial charge in [-0.15, -0.1) is 0 Å². The molecule has 0 amide bonds. The summed E-state index contributed by atoms with van der Waals surface area (Å²) in [6, 6.07) is 16.0. The Bertz CT molecular complexity index is 640. The van der Waals surface area contributed by atoms with Crippen LogP contribution in [0.4, 0.5) is 0 Å². The molecule has 1 heterocycles. The highest BCUT2D eigenvalue weighted by Crippen LogP contribution is 2.29. The van der Waals surface area contributed by atoms with E-state index in [0.717, 1.165) is 21.4 Å². The van der Waals surface area contributed by atoms with Crippen LogP contribution >= 0.6 is 15.9 Å². The van der Waals surface area contributed by atoms with Crippen molar-refractivity contribution >= 4 is 21.8 Å². The minimum Gasteiger partial charge on any atom is -0.246 e. The van der Waals surface area contributed by atoms with E-state index in [4.69, 9.17) is 4.84 Å². The summed E-state index contributed by atoms with van der Waals surface area (Å²) in [4.78, 5) is 10.2. The molecule has 19 heavy (non-hydrogen) atoms. The van der Waals surface area contributed by atoms with Gasteiger partial charge in [-0.1, -0.05) is 58.4 Å². The molecule has 0 bridgehead atoms. The Hall–Kier alpha value is -1.65. The van der Waals surface area contributed by atoms with E-state index in [-0.39, 0.29) is 6.23 Å². The summed E-state index contributed by atoms with van der Waals surface area (Å²) in [7, 11) is 0. The fraction of sp³-hybridized carbons (Fsp3) is 0.133. The molecule has 0 aromatic heterocycles. The summed E-state index contributed by atoms with van der Waals surface area (Å²) in [6.45, 7) is 2.06. The molecule has 96 valence electrons. The maximum Gasteiger partial charge on any atom is 0.203 e. The second-order valence-corrected chi connectivity index (χ2v) is 5.24. The van der Waals surface area contributed by atoms with Crippen molar-refractivity contribution < 1.29 is 4.84 Å². The van der Waals surface area contributed by atoms with Gasteiger partial charge in [0, 0.05) is 15.6 Å². The first-order valence-corrected chi connectivity index (χ1v) is 6.85. The average Bonchev–Trinajstić information content (AvgIpc) is 2.89. The van der Waals surface area contributed by atoms with Crippen LogP contribution in [0.2, 0.25) is 0 Å². The Kier molecular flexibility index (Phi) is 3.36. The molecular formula is C15H13BrN2O. The van der Waals surface area contributed by atoms with Crippen molar-refractivity contribution in [1.82, 2.24) is 5.48 Å². The zero-order valence-corrected chi connectivity index (χ0v) is 12.0. The molecule has 1 aliphatic rings. The van der Waals surface area contributed by atoms with Gasteiger partial charge in [-0.3, -0.25) is 0 Å². The molecule has 1 N–H and O–H groups in total. The Balaban J connectivity index is 1.94. The molecule has 0 saturated heterocycles. The quantitative estimate of drug-likeness (QED) is 0.915. The van der Waals surface area contributed by atoms with Crippen LogP contribution in [0.25, 0.3) is 0 Å². The number of nitrogens with zero attached hydrogens (tertiary/aromatic N) is 1. The highest BCUT2D eigenvalue weighted by molar-refractivity contribution is 9.10. The number of halogens is 1. The molecule has 0 spiro atoms. The smallest absolute Gasteiger partial charge is 0.203 e. The monoisotopic (exact) mass is 316 g/mol. The lowest BCUT2D eigenvalue weighted by Gasteiger charge is -2.07. The molecule has 2 aromatic rings. The standard InChI is InChI=1S/C15H13BrN2O/c1-10-6-2-3-7-11(10)14-17-15(19-18-14)12-8-4-5-9-13(12)16/h2-9,15H,1H3,(H,17,18). The minimum absolute atomic E-state index is 0.315. The zero-order valence-electron chi connectivity index (χ0n) is 10.4. The first-order valence-electron chi connectivity index (χ1n) is 6.05. The van der Waals surface area contributed by atoms with Crippen molar-refractivity contribution in [2.45, 2.75) is 13.2 Å². The minimum atomic E-state index is -0.315. The van der Waals surface area contributed by atoms with Crippen LogP contribution in [0, 0.1) is 6.92 Å². The predicted molar refractivity (Wildman–Crippen MR) is 78.8 cm³/mol. The van der Waals surface area contributed by atoms with E-state index >= 15 is 0 Å². The van der Waals surface area contributed by atoms with Gasteiger partial charge in [0.15, 0.2) is 5.84 Å². The molecule has 0 fully saturated rings. The van der Waals surface area contributed by atoms with Gasteiger partial charge in [-0.25, -0.2) is 15.3 Å². The van der Waals surface area contributed by atoms with Gasteiger partial charge in [0.1, 0.15) is 0 Å². The first kappa shape index (κ1) is 12.4. The molecule has 1 aliphatic heterocycles. The van der Waals surface area contributed by atoms with Crippen LogP contribution < -0.4 is 5.48 Å². The third-order valence-corrected chi connectivity index (χ3v) is 3.81. The second kappa shape index (κ2) is 5.15. The Morgan fingerprint density at radius 2 is 1.84 bits per heavy atom. The van der Waals surface area contributed by atoms with Gasteiger partial charge in [0.25, 0.3) is 0 Å². The fourth-order valence-electron chi connectivity index (χ4n) is 2.05. The van der Waals surface area contributed by atoms with Crippen molar-refractivity contribution in [3.05, 3.63) is 69.7 Å². The summed E-state index contributed by atoms with van der Waals surface area (Å²) in [5.74, 6) is 0.777. The number of benzene rings is 2. The molecule has 3 rings (SSSR count). The largest absolute Gasteiger partial charge is 0.246 e. The van der Waals surface area contributed by atoms with Gasteiger partial charge in [0.2, 0.25) is 6.23 Å². The number of hydrogen-bond donors (Lipinski definition) is 1. The van der Waals surface area contributed by atoms with Gasteiger partial charge in [0.05, 0.1) is 0 Å². The molecule has 3 nitrogen and oxygen atoms in total. The van der Waals surface area contributed by atoms with E-state index in [1.54, 1.807) is 0 Å². The second-order valence-electron chi connectivity index (χ2n) is 4.39. The normalized spacial score (nSPS) is 18.0. The molecule has 2 aromatic carbocycles. The Labute approximate surface area is 120 Å². The highest BCUT2D eigenvalue weighted by atomic mass is 79.9. The van der Waals surface area contributed by atoms with Gasteiger partial charge >= 0.3 is 0 Å². The van der Waals surface area contributed by atoms with Crippen LogP contribution in [-0.4, -0.2) is 5.84 Å². The average molecular weight is 317 g/mol. The van der Waals surface area contributed by atoms with E-state index in [1.807, 2.05) is 42.5 Å².